The lowest BCUT2D eigenvalue weighted by Gasteiger charge is -2.05. The van der Waals surface area contributed by atoms with E-state index in [1.807, 2.05) is 12.4 Å². The molecule has 0 aromatic carbocycles. The van der Waals surface area contributed by atoms with E-state index < -0.39 is 0 Å². The summed E-state index contributed by atoms with van der Waals surface area (Å²) in [7, 11) is 0. The molecule has 0 aliphatic carbocycles. The van der Waals surface area contributed by atoms with Crippen LogP contribution in [0.25, 0.3) is 0 Å². The first-order valence-electron chi connectivity index (χ1n) is 4.19. The van der Waals surface area contributed by atoms with Crippen LogP contribution in [0.4, 0.5) is 0 Å². The minimum atomic E-state index is 0.723. The molecule has 64 valence electrons. The van der Waals surface area contributed by atoms with Crippen LogP contribution in [0.5, 0.6) is 0 Å². The number of fused-ring (bicyclic) bond motifs is 1. The zero-order valence-corrected chi connectivity index (χ0v) is 7.90. The summed E-state index contributed by atoms with van der Waals surface area (Å²) in [5, 5.41) is 0. The van der Waals surface area contributed by atoms with Crippen LogP contribution in [-0.4, -0.2) is 11.5 Å². The van der Waals surface area contributed by atoms with Crippen molar-refractivity contribution in [3.05, 3.63) is 24.0 Å². The number of nitrogens with zero attached hydrogens (tertiary/aromatic N) is 1. The number of rotatable bonds is 0. The summed E-state index contributed by atoms with van der Waals surface area (Å²) in [4.78, 5) is 5.38. The fraction of sp³-hybridized carbons (Fsp3) is 0.444. The summed E-state index contributed by atoms with van der Waals surface area (Å²) in [6.07, 6.45) is 4.97. The standard InChI is InChI=1S/C9H12N2S/c1-7-4-8-2-3-10-6-9(8)12-11-5-7/h2-3,6-7,11H,4-5H2,1H3. The number of hydrogen-bond donors (Lipinski definition) is 1. The van der Waals surface area contributed by atoms with E-state index in [-0.39, 0.29) is 0 Å². The third kappa shape index (κ3) is 1.62. The van der Waals surface area contributed by atoms with Crippen LogP contribution >= 0.6 is 11.9 Å². The predicted octanol–water partition coefficient (Wildman–Crippen LogP) is 1.87. The predicted molar refractivity (Wildman–Crippen MR) is 51.0 cm³/mol. The van der Waals surface area contributed by atoms with E-state index in [1.165, 1.54) is 10.5 Å². The van der Waals surface area contributed by atoms with Crippen molar-refractivity contribution in [2.75, 3.05) is 6.54 Å². The van der Waals surface area contributed by atoms with Crippen LogP contribution in [0.15, 0.2) is 23.4 Å². The third-order valence-corrected chi connectivity index (χ3v) is 2.95. The van der Waals surface area contributed by atoms with Crippen LogP contribution < -0.4 is 4.72 Å². The van der Waals surface area contributed by atoms with Crippen molar-refractivity contribution in [2.45, 2.75) is 18.2 Å². The second-order valence-electron chi connectivity index (χ2n) is 3.24. The van der Waals surface area contributed by atoms with Crippen LogP contribution in [0.3, 0.4) is 0 Å². The van der Waals surface area contributed by atoms with Crippen LogP contribution in [-0.2, 0) is 6.42 Å². The highest BCUT2D eigenvalue weighted by atomic mass is 32.2. The van der Waals surface area contributed by atoms with E-state index in [1.54, 1.807) is 11.9 Å². The zero-order chi connectivity index (χ0) is 8.39. The van der Waals surface area contributed by atoms with Crippen LogP contribution in [0.2, 0.25) is 0 Å². The summed E-state index contributed by atoms with van der Waals surface area (Å²) in [5.74, 6) is 0.723. The van der Waals surface area contributed by atoms with E-state index in [9.17, 15) is 0 Å². The van der Waals surface area contributed by atoms with Gasteiger partial charge in [0.2, 0.25) is 0 Å². The van der Waals surface area contributed by atoms with Gasteiger partial charge in [0, 0.05) is 23.8 Å². The molecule has 12 heavy (non-hydrogen) atoms. The first kappa shape index (κ1) is 8.08. The van der Waals surface area contributed by atoms with Gasteiger partial charge in [0.1, 0.15) is 0 Å². The van der Waals surface area contributed by atoms with Gasteiger partial charge in [-0.3, -0.25) is 9.71 Å². The molecule has 1 atom stereocenters. The molecule has 1 N–H and O–H groups in total. The van der Waals surface area contributed by atoms with Crippen molar-refractivity contribution in [3.63, 3.8) is 0 Å². The van der Waals surface area contributed by atoms with E-state index in [2.05, 4.69) is 22.7 Å². The molecule has 1 aliphatic heterocycles. The quantitative estimate of drug-likeness (QED) is 0.617. The van der Waals surface area contributed by atoms with Gasteiger partial charge >= 0.3 is 0 Å². The molecule has 2 rings (SSSR count). The topological polar surface area (TPSA) is 24.9 Å². The molecule has 0 saturated heterocycles. The lowest BCUT2D eigenvalue weighted by Crippen LogP contribution is -2.12. The SMILES string of the molecule is CC1CNSc2cnccc2C1. The maximum absolute atomic E-state index is 4.10. The van der Waals surface area contributed by atoms with Crippen LogP contribution in [0.1, 0.15) is 12.5 Å². The highest BCUT2D eigenvalue weighted by Gasteiger charge is 2.12. The van der Waals surface area contributed by atoms with Gasteiger partial charge in [-0.25, -0.2) is 0 Å². The molecule has 0 amide bonds. The van der Waals surface area contributed by atoms with Crippen molar-refractivity contribution in [2.24, 2.45) is 5.92 Å². The molecule has 1 unspecified atom stereocenters. The third-order valence-electron chi connectivity index (χ3n) is 2.05. The molecule has 0 fully saturated rings. The molecular weight excluding hydrogens is 168 g/mol. The average molecular weight is 180 g/mol. The molecule has 0 spiro atoms. The molecule has 1 aliphatic rings. The minimum absolute atomic E-state index is 0.723. The Labute approximate surface area is 76.9 Å². The number of aromatic nitrogens is 1. The molecule has 2 nitrogen and oxygen atoms in total. The Morgan fingerprint density at radius 1 is 1.67 bits per heavy atom. The molecule has 1 aromatic heterocycles. The zero-order valence-electron chi connectivity index (χ0n) is 7.08. The van der Waals surface area contributed by atoms with Gasteiger partial charge in [-0.2, -0.15) is 0 Å². The first-order valence-corrected chi connectivity index (χ1v) is 5.00. The smallest absolute Gasteiger partial charge is 0.0443 e. The average Bonchev–Trinajstić information content (AvgIpc) is 2.25. The van der Waals surface area contributed by atoms with Gasteiger partial charge in [-0.1, -0.05) is 6.92 Å². The lowest BCUT2D eigenvalue weighted by atomic mass is 10.0. The number of hydrogen-bond acceptors (Lipinski definition) is 3. The first-order chi connectivity index (χ1) is 5.86. The largest absolute Gasteiger partial charge is 0.263 e. The fourth-order valence-electron chi connectivity index (χ4n) is 1.38. The lowest BCUT2D eigenvalue weighted by molar-refractivity contribution is 0.578. The molecule has 2 heterocycles. The fourth-order valence-corrected chi connectivity index (χ4v) is 2.30. The van der Waals surface area contributed by atoms with E-state index in [4.69, 9.17) is 0 Å². The Hall–Kier alpha value is -0.540. The second kappa shape index (κ2) is 3.46. The van der Waals surface area contributed by atoms with Gasteiger partial charge in [0.25, 0.3) is 0 Å². The highest BCUT2D eigenvalue weighted by molar-refractivity contribution is 7.97. The van der Waals surface area contributed by atoms with Gasteiger partial charge in [-0.05, 0) is 35.9 Å². The number of nitrogens with one attached hydrogen (secondary N) is 1. The molecule has 1 aromatic rings. The Morgan fingerprint density at radius 3 is 3.50 bits per heavy atom. The van der Waals surface area contributed by atoms with Gasteiger partial charge in [0.15, 0.2) is 0 Å². The Balaban J connectivity index is 2.31. The Kier molecular flexibility index (Phi) is 2.33. The second-order valence-corrected chi connectivity index (χ2v) is 4.18. The summed E-state index contributed by atoms with van der Waals surface area (Å²) < 4.78 is 3.33. The van der Waals surface area contributed by atoms with E-state index >= 15 is 0 Å². The highest BCUT2D eigenvalue weighted by Crippen LogP contribution is 2.24. The summed E-state index contributed by atoms with van der Waals surface area (Å²) in [5.41, 5.74) is 1.42. The van der Waals surface area contributed by atoms with Crippen molar-refractivity contribution in [1.82, 2.24) is 9.71 Å². The summed E-state index contributed by atoms with van der Waals surface area (Å²) in [6.45, 7) is 3.35. The normalized spacial score (nSPS) is 22.9. The molecule has 0 radical (unpaired) electrons. The van der Waals surface area contributed by atoms with E-state index in [0.717, 1.165) is 18.9 Å². The number of pyridine rings is 1. The van der Waals surface area contributed by atoms with Gasteiger partial charge in [-0.15, -0.1) is 0 Å². The van der Waals surface area contributed by atoms with E-state index in [0.29, 0.717) is 0 Å². The maximum Gasteiger partial charge on any atom is 0.0443 e. The Morgan fingerprint density at radius 2 is 2.58 bits per heavy atom. The molecular formula is C9H12N2S. The van der Waals surface area contributed by atoms with Crippen molar-refractivity contribution < 1.29 is 0 Å². The molecule has 3 heteroatoms. The van der Waals surface area contributed by atoms with Gasteiger partial charge < -0.3 is 0 Å². The monoisotopic (exact) mass is 180 g/mol. The van der Waals surface area contributed by atoms with Crippen molar-refractivity contribution in [3.8, 4) is 0 Å². The minimum Gasteiger partial charge on any atom is -0.263 e. The maximum atomic E-state index is 4.10. The van der Waals surface area contributed by atoms with Crippen molar-refractivity contribution in [1.29, 1.82) is 0 Å². The van der Waals surface area contributed by atoms with Crippen LogP contribution in [0, 0.1) is 5.92 Å². The van der Waals surface area contributed by atoms with Crippen molar-refractivity contribution >= 4 is 11.9 Å². The Bertz CT molecular complexity index is 275. The summed E-state index contributed by atoms with van der Waals surface area (Å²) >= 11 is 1.70. The summed E-state index contributed by atoms with van der Waals surface area (Å²) in [6, 6.07) is 2.12. The van der Waals surface area contributed by atoms with Gasteiger partial charge in [0.05, 0.1) is 0 Å². The molecule has 0 saturated carbocycles. The molecule has 0 bridgehead atoms.